The van der Waals surface area contributed by atoms with Crippen molar-refractivity contribution in [1.82, 2.24) is 14.7 Å². The number of benzene rings is 2. The number of hydrogen-bond donors (Lipinski definition) is 3. The van der Waals surface area contributed by atoms with Gasteiger partial charge in [-0.25, -0.2) is 17.9 Å². The van der Waals surface area contributed by atoms with Gasteiger partial charge in [0.05, 0.1) is 15.9 Å². The molecule has 24 heavy (non-hydrogen) atoms. The molecule has 3 rings (SSSR count). The maximum absolute atomic E-state index is 12.4. The number of H-pyrrole nitrogens is 2. The molecule has 0 radical (unpaired) electrons. The summed E-state index contributed by atoms with van der Waals surface area (Å²) in [7, 11) is -3.62. The van der Waals surface area contributed by atoms with Crippen molar-refractivity contribution in [1.29, 1.82) is 0 Å². The van der Waals surface area contributed by atoms with Crippen LogP contribution in [0.3, 0.4) is 0 Å². The second kappa shape index (κ2) is 6.26. The van der Waals surface area contributed by atoms with Crippen molar-refractivity contribution in [3.63, 3.8) is 0 Å². The molecule has 3 N–H and O–H groups in total. The van der Waals surface area contributed by atoms with Crippen LogP contribution in [0.15, 0.2) is 46.1 Å². The Balaban J connectivity index is 1.75. The monoisotopic (exact) mass is 345 g/mol. The third-order valence-electron chi connectivity index (χ3n) is 3.99. The summed E-state index contributed by atoms with van der Waals surface area (Å²) in [5.41, 5.74) is 4.11. The fourth-order valence-electron chi connectivity index (χ4n) is 2.65. The van der Waals surface area contributed by atoms with Gasteiger partial charge in [0.1, 0.15) is 0 Å². The zero-order valence-corrected chi connectivity index (χ0v) is 14.3. The second-order valence-corrected chi connectivity index (χ2v) is 7.63. The molecule has 0 spiro atoms. The predicted molar refractivity (Wildman–Crippen MR) is 93.7 cm³/mol. The smallest absolute Gasteiger partial charge is 0.306 e. The van der Waals surface area contributed by atoms with E-state index >= 15 is 0 Å². The van der Waals surface area contributed by atoms with Gasteiger partial charge in [-0.05, 0) is 49.6 Å². The number of aromatic amines is 2. The maximum atomic E-state index is 12.4. The first-order chi connectivity index (χ1) is 11.3. The molecule has 3 aromatic rings. The van der Waals surface area contributed by atoms with Crippen molar-refractivity contribution in [2.75, 3.05) is 6.54 Å². The SMILES string of the molecule is Cc1ccc(C)c(CCNS(=O)(=O)c2ccc3[nH]c(=O)[nH]c3c2)c1. The van der Waals surface area contributed by atoms with Gasteiger partial charge in [0, 0.05) is 6.54 Å². The van der Waals surface area contributed by atoms with Crippen molar-refractivity contribution in [3.8, 4) is 0 Å². The van der Waals surface area contributed by atoms with Crippen molar-refractivity contribution < 1.29 is 8.42 Å². The molecule has 0 atom stereocenters. The van der Waals surface area contributed by atoms with Crippen molar-refractivity contribution in [2.45, 2.75) is 25.2 Å². The molecule has 1 heterocycles. The van der Waals surface area contributed by atoms with Gasteiger partial charge in [-0.15, -0.1) is 0 Å². The highest BCUT2D eigenvalue weighted by Crippen LogP contribution is 2.15. The molecule has 2 aromatic carbocycles. The lowest BCUT2D eigenvalue weighted by Crippen LogP contribution is -2.26. The molecule has 0 bridgehead atoms. The van der Waals surface area contributed by atoms with Crippen LogP contribution >= 0.6 is 0 Å². The Morgan fingerprint density at radius 1 is 1.00 bits per heavy atom. The van der Waals surface area contributed by atoms with Crippen molar-refractivity contribution in [3.05, 3.63) is 63.6 Å². The molecule has 1 aromatic heterocycles. The second-order valence-electron chi connectivity index (χ2n) is 5.86. The highest BCUT2D eigenvalue weighted by atomic mass is 32.2. The average Bonchev–Trinajstić information content (AvgIpc) is 2.89. The predicted octanol–water partition coefficient (Wildman–Crippen LogP) is 1.99. The van der Waals surface area contributed by atoms with Crippen LogP contribution in [0.1, 0.15) is 16.7 Å². The minimum absolute atomic E-state index is 0.131. The fourth-order valence-corrected chi connectivity index (χ4v) is 3.71. The fraction of sp³-hybridized carbons (Fsp3) is 0.235. The van der Waals surface area contributed by atoms with Gasteiger partial charge in [0.15, 0.2) is 0 Å². The summed E-state index contributed by atoms with van der Waals surface area (Å²) in [4.78, 5) is 16.5. The molecule has 126 valence electrons. The first-order valence-corrected chi connectivity index (χ1v) is 9.11. The first-order valence-electron chi connectivity index (χ1n) is 7.63. The maximum Gasteiger partial charge on any atom is 0.323 e. The van der Waals surface area contributed by atoms with Crippen LogP contribution in [0.2, 0.25) is 0 Å². The Bertz CT molecular complexity index is 1050. The van der Waals surface area contributed by atoms with Crippen molar-refractivity contribution >= 4 is 21.1 Å². The molecule has 0 fully saturated rings. The van der Waals surface area contributed by atoms with Gasteiger partial charge in [-0.1, -0.05) is 23.8 Å². The minimum Gasteiger partial charge on any atom is -0.306 e. The van der Waals surface area contributed by atoms with Gasteiger partial charge in [0.2, 0.25) is 10.0 Å². The minimum atomic E-state index is -3.62. The number of sulfonamides is 1. The molecule has 6 nitrogen and oxygen atoms in total. The molecule has 0 unspecified atom stereocenters. The lowest BCUT2D eigenvalue weighted by atomic mass is 10.0. The van der Waals surface area contributed by atoms with E-state index in [4.69, 9.17) is 0 Å². The lowest BCUT2D eigenvalue weighted by molar-refractivity contribution is 0.581. The van der Waals surface area contributed by atoms with Gasteiger partial charge >= 0.3 is 5.69 Å². The van der Waals surface area contributed by atoms with E-state index in [2.05, 4.69) is 20.8 Å². The van der Waals surface area contributed by atoms with Crippen LogP contribution in [0.4, 0.5) is 0 Å². The lowest BCUT2D eigenvalue weighted by Gasteiger charge is -2.09. The summed E-state index contributed by atoms with van der Waals surface area (Å²) >= 11 is 0. The number of fused-ring (bicyclic) bond motifs is 1. The highest BCUT2D eigenvalue weighted by Gasteiger charge is 2.15. The van der Waals surface area contributed by atoms with E-state index in [9.17, 15) is 13.2 Å². The molecule has 0 aliphatic carbocycles. The molecular formula is C17H19N3O3S. The molecule has 0 aliphatic rings. The van der Waals surface area contributed by atoms with Crippen LogP contribution in [0.5, 0.6) is 0 Å². The van der Waals surface area contributed by atoms with E-state index in [1.807, 2.05) is 26.0 Å². The van der Waals surface area contributed by atoms with E-state index in [-0.39, 0.29) is 10.6 Å². The molecule has 0 saturated heterocycles. The van der Waals surface area contributed by atoms with Crippen LogP contribution < -0.4 is 10.4 Å². The first kappa shape index (κ1) is 16.5. The standard InChI is InChI=1S/C17H19N3O3S/c1-11-3-4-12(2)13(9-11)7-8-18-24(22,23)14-5-6-15-16(10-14)20-17(21)19-15/h3-6,9-10,18H,7-8H2,1-2H3,(H2,19,20,21). The van der Waals surface area contributed by atoms with Crippen LogP contribution in [0.25, 0.3) is 11.0 Å². The molecule has 0 amide bonds. The zero-order valence-electron chi connectivity index (χ0n) is 13.5. The average molecular weight is 345 g/mol. The Morgan fingerprint density at radius 3 is 2.54 bits per heavy atom. The van der Waals surface area contributed by atoms with E-state index in [0.717, 1.165) is 16.7 Å². The topological polar surface area (TPSA) is 94.8 Å². The molecule has 0 aliphatic heterocycles. The van der Waals surface area contributed by atoms with Crippen LogP contribution in [-0.2, 0) is 16.4 Å². The number of aryl methyl sites for hydroxylation is 2. The van der Waals surface area contributed by atoms with Gasteiger partial charge in [-0.3, -0.25) is 0 Å². The highest BCUT2D eigenvalue weighted by molar-refractivity contribution is 7.89. The third kappa shape index (κ3) is 3.42. The van der Waals surface area contributed by atoms with Crippen LogP contribution in [0, 0.1) is 13.8 Å². The Hall–Kier alpha value is -2.38. The summed E-state index contributed by atoms with van der Waals surface area (Å²) in [6.07, 6.45) is 0.621. The summed E-state index contributed by atoms with van der Waals surface area (Å²) in [5.74, 6) is 0. The largest absolute Gasteiger partial charge is 0.323 e. The number of aromatic nitrogens is 2. The normalized spacial score (nSPS) is 11.9. The molecule has 0 saturated carbocycles. The van der Waals surface area contributed by atoms with E-state index < -0.39 is 10.0 Å². The van der Waals surface area contributed by atoms with Gasteiger partial charge in [-0.2, -0.15) is 0 Å². The number of hydrogen-bond acceptors (Lipinski definition) is 3. The third-order valence-corrected chi connectivity index (χ3v) is 5.45. The van der Waals surface area contributed by atoms with E-state index in [1.165, 1.54) is 12.1 Å². The van der Waals surface area contributed by atoms with E-state index in [1.54, 1.807) is 6.07 Å². The Labute approximate surface area is 140 Å². The summed E-state index contributed by atoms with van der Waals surface area (Å²) in [6.45, 7) is 4.34. The number of rotatable bonds is 5. The molecule has 7 heteroatoms. The summed E-state index contributed by atoms with van der Waals surface area (Å²) in [6, 6.07) is 10.7. The quantitative estimate of drug-likeness (QED) is 0.660. The van der Waals surface area contributed by atoms with Crippen molar-refractivity contribution in [2.24, 2.45) is 0 Å². The van der Waals surface area contributed by atoms with Gasteiger partial charge in [0.25, 0.3) is 0 Å². The Morgan fingerprint density at radius 2 is 1.75 bits per heavy atom. The van der Waals surface area contributed by atoms with E-state index in [0.29, 0.717) is 24.0 Å². The van der Waals surface area contributed by atoms with Crippen LogP contribution in [-0.4, -0.2) is 24.9 Å². The summed E-state index contributed by atoms with van der Waals surface area (Å²) < 4.78 is 27.4. The van der Waals surface area contributed by atoms with Gasteiger partial charge < -0.3 is 9.97 Å². The Kier molecular flexibility index (Phi) is 4.29. The number of imidazole rings is 1. The zero-order chi connectivity index (χ0) is 17.3. The summed E-state index contributed by atoms with van der Waals surface area (Å²) in [5, 5.41) is 0. The molecular weight excluding hydrogens is 326 g/mol. The number of nitrogens with one attached hydrogen (secondary N) is 3.